The topological polar surface area (TPSA) is 60.6 Å². The van der Waals surface area contributed by atoms with Crippen LogP contribution in [0.25, 0.3) is 0 Å². The van der Waals surface area contributed by atoms with Crippen LogP contribution in [-0.4, -0.2) is 38.4 Å². The van der Waals surface area contributed by atoms with Crippen molar-refractivity contribution < 1.29 is 9.47 Å². The molecule has 1 aliphatic rings. The molecule has 0 aromatic carbocycles. The summed E-state index contributed by atoms with van der Waals surface area (Å²) in [5.74, 6) is 2.08. The van der Waals surface area contributed by atoms with E-state index in [9.17, 15) is 0 Å². The summed E-state index contributed by atoms with van der Waals surface area (Å²) in [7, 11) is 1.75. The molecule has 5 nitrogen and oxygen atoms in total. The summed E-state index contributed by atoms with van der Waals surface area (Å²) in [4.78, 5) is 6.79. The van der Waals surface area contributed by atoms with Crippen molar-refractivity contribution in [3.8, 4) is 5.88 Å². The summed E-state index contributed by atoms with van der Waals surface area (Å²) in [6, 6.07) is 3.83. The number of hydrogen-bond donors (Lipinski definition) is 1. The van der Waals surface area contributed by atoms with Crippen LogP contribution >= 0.6 is 0 Å². The zero-order valence-corrected chi connectivity index (χ0v) is 11.8. The van der Waals surface area contributed by atoms with Gasteiger partial charge in [0.25, 0.3) is 0 Å². The number of aromatic nitrogens is 1. The molecule has 5 heteroatoms. The molecule has 2 heterocycles. The van der Waals surface area contributed by atoms with Gasteiger partial charge in [0.1, 0.15) is 5.82 Å². The van der Waals surface area contributed by atoms with Gasteiger partial charge in [0.15, 0.2) is 0 Å². The third-order valence-electron chi connectivity index (χ3n) is 3.33. The molecule has 1 fully saturated rings. The SMILES string of the molecule is CCCOc1nc(N2CCC(COC)C2)ccc1N. The van der Waals surface area contributed by atoms with Crippen LogP contribution in [0.5, 0.6) is 5.88 Å². The van der Waals surface area contributed by atoms with Crippen LogP contribution in [0.1, 0.15) is 19.8 Å². The Morgan fingerprint density at radius 1 is 1.47 bits per heavy atom. The van der Waals surface area contributed by atoms with Gasteiger partial charge >= 0.3 is 0 Å². The highest BCUT2D eigenvalue weighted by molar-refractivity contribution is 5.54. The van der Waals surface area contributed by atoms with Crippen LogP contribution in [0.2, 0.25) is 0 Å². The van der Waals surface area contributed by atoms with Gasteiger partial charge < -0.3 is 20.1 Å². The molecule has 1 atom stereocenters. The lowest BCUT2D eigenvalue weighted by Gasteiger charge is -2.19. The fourth-order valence-electron chi connectivity index (χ4n) is 2.34. The maximum Gasteiger partial charge on any atom is 0.239 e. The van der Waals surface area contributed by atoms with Crippen molar-refractivity contribution in [1.82, 2.24) is 4.98 Å². The average Bonchev–Trinajstić information content (AvgIpc) is 2.87. The summed E-state index contributed by atoms with van der Waals surface area (Å²) < 4.78 is 10.8. The van der Waals surface area contributed by atoms with E-state index in [1.807, 2.05) is 12.1 Å². The van der Waals surface area contributed by atoms with E-state index < -0.39 is 0 Å². The third kappa shape index (κ3) is 3.50. The Kier molecular flexibility index (Phi) is 4.85. The molecule has 0 aliphatic carbocycles. The first-order chi connectivity index (χ1) is 9.24. The molecule has 1 saturated heterocycles. The van der Waals surface area contributed by atoms with Gasteiger partial charge in [-0.1, -0.05) is 6.92 Å². The van der Waals surface area contributed by atoms with Gasteiger partial charge in [-0.05, 0) is 25.0 Å². The molecule has 1 aliphatic heterocycles. The first-order valence-electron chi connectivity index (χ1n) is 6.87. The Balaban J connectivity index is 2.04. The molecule has 2 N–H and O–H groups in total. The Labute approximate surface area is 114 Å². The Hall–Kier alpha value is -1.49. The molecular formula is C14H23N3O2. The summed E-state index contributed by atoms with van der Waals surface area (Å²) in [6.45, 7) is 5.52. The van der Waals surface area contributed by atoms with E-state index in [-0.39, 0.29) is 0 Å². The predicted molar refractivity (Wildman–Crippen MR) is 76.6 cm³/mol. The lowest BCUT2D eigenvalue weighted by atomic mass is 10.1. The van der Waals surface area contributed by atoms with Crippen LogP contribution in [0, 0.1) is 5.92 Å². The lowest BCUT2D eigenvalue weighted by molar-refractivity contribution is 0.161. The first-order valence-corrected chi connectivity index (χ1v) is 6.87. The molecule has 0 amide bonds. The minimum atomic E-state index is 0.551. The van der Waals surface area contributed by atoms with E-state index in [0.29, 0.717) is 24.1 Å². The second-order valence-electron chi connectivity index (χ2n) is 4.97. The molecule has 2 rings (SSSR count). The van der Waals surface area contributed by atoms with Gasteiger partial charge in [-0.25, -0.2) is 0 Å². The van der Waals surface area contributed by atoms with Gasteiger partial charge in [0.05, 0.1) is 18.9 Å². The number of methoxy groups -OCH3 is 1. The van der Waals surface area contributed by atoms with Gasteiger partial charge in [0, 0.05) is 26.1 Å². The maximum atomic E-state index is 5.88. The summed E-state index contributed by atoms with van der Waals surface area (Å²) >= 11 is 0. The number of ether oxygens (including phenoxy) is 2. The van der Waals surface area contributed by atoms with Gasteiger partial charge in [-0.2, -0.15) is 4.98 Å². The third-order valence-corrected chi connectivity index (χ3v) is 3.33. The zero-order chi connectivity index (χ0) is 13.7. The van der Waals surface area contributed by atoms with Gasteiger partial charge in [-0.15, -0.1) is 0 Å². The monoisotopic (exact) mass is 265 g/mol. The smallest absolute Gasteiger partial charge is 0.239 e. The average molecular weight is 265 g/mol. The highest BCUT2D eigenvalue weighted by Gasteiger charge is 2.23. The van der Waals surface area contributed by atoms with Crippen molar-refractivity contribution in [1.29, 1.82) is 0 Å². The first kappa shape index (κ1) is 13.9. The van der Waals surface area contributed by atoms with Crippen LogP contribution in [-0.2, 0) is 4.74 Å². The molecule has 1 aromatic heterocycles. The minimum Gasteiger partial charge on any atom is -0.476 e. The number of hydrogen-bond acceptors (Lipinski definition) is 5. The minimum absolute atomic E-state index is 0.551. The fraction of sp³-hybridized carbons (Fsp3) is 0.643. The Morgan fingerprint density at radius 2 is 2.32 bits per heavy atom. The Bertz CT molecular complexity index is 412. The number of nitrogens with two attached hydrogens (primary N) is 1. The Morgan fingerprint density at radius 3 is 3.05 bits per heavy atom. The lowest BCUT2D eigenvalue weighted by Crippen LogP contribution is -2.22. The zero-order valence-electron chi connectivity index (χ0n) is 11.8. The standard InChI is InChI=1S/C14H23N3O2/c1-3-8-19-14-12(15)4-5-13(16-14)17-7-6-11(9-17)10-18-2/h4-5,11H,3,6-10,15H2,1-2H3. The van der Waals surface area contributed by atoms with Crippen LogP contribution < -0.4 is 15.4 Å². The second kappa shape index (κ2) is 6.61. The van der Waals surface area contributed by atoms with Crippen molar-refractivity contribution in [2.24, 2.45) is 5.92 Å². The van der Waals surface area contributed by atoms with E-state index in [1.54, 1.807) is 7.11 Å². The maximum absolute atomic E-state index is 5.88. The number of anilines is 2. The van der Waals surface area contributed by atoms with Gasteiger partial charge in [-0.3, -0.25) is 0 Å². The van der Waals surface area contributed by atoms with Crippen molar-refractivity contribution in [2.45, 2.75) is 19.8 Å². The molecule has 106 valence electrons. The molecule has 1 unspecified atom stereocenters. The van der Waals surface area contributed by atoms with Crippen LogP contribution in [0.4, 0.5) is 11.5 Å². The summed E-state index contributed by atoms with van der Waals surface area (Å²) in [5, 5.41) is 0. The molecule has 0 bridgehead atoms. The predicted octanol–water partition coefficient (Wildman–Crippen LogP) is 1.93. The normalized spacial score (nSPS) is 18.8. The molecule has 0 saturated carbocycles. The van der Waals surface area contributed by atoms with Crippen molar-refractivity contribution in [3.63, 3.8) is 0 Å². The van der Waals surface area contributed by atoms with Crippen LogP contribution in [0.3, 0.4) is 0 Å². The van der Waals surface area contributed by atoms with Crippen LogP contribution in [0.15, 0.2) is 12.1 Å². The van der Waals surface area contributed by atoms with E-state index in [2.05, 4.69) is 16.8 Å². The van der Waals surface area contributed by atoms with Crippen molar-refractivity contribution in [2.75, 3.05) is 44.0 Å². The number of nitrogens with zero attached hydrogens (tertiary/aromatic N) is 2. The molecule has 0 radical (unpaired) electrons. The van der Waals surface area contributed by atoms with Gasteiger partial charge in [0.2, 0.25) is 5.88 Å². The quantitative estimate of drug-likeness (QED) is 0.851. The number of pyridine rings is 1. The van der Waals surface area contributed by atoms with E-state index in [0.717, 1.165) is 38.4 Å². The molecule has 19 heavy (non-hydrogen) atoms. The van der Waals surface area contributed by atoms with E-state index >= 15 is 0 Å². The largest absolute Gasteiger partial charge is 0.476 e. The van der Waals surface area contributed by atoms with E-state index in [4.69, 9.17) is 15.2 Å². The highest BCUT2D eigenvalue weighted by Crippen LogP contribution is 2.27. The van der Waals surface area contributed by atoms with Crippen molar-refractivity contribution >= 4 is 11.5 Å². The molecule has 1 aromatic rings. The molecule has 0 spiro atoms. The van der Waals surface area contributed by atoms with Crippen molar-refractivity contribution in [3.05, 3.63) is 12.1 Å². The highest BCUT2D eigenvalue weighted by atomic mass is 16.5. The van der Waals surface area contributed by atoms with E-state index in [1.165, 1.54) is 0 Å². The number of nitrogen functional groups attached to an aromatic ring is 1. The molecular weight excluding hydrogens is 242 g/mol. The second-order valence-corrected chi connectivity index (χ2v) is 4.97. The summed E-state index contributed by atoms with van der Waals surface area (Å²) in [5.41, 5.74) is 6.48. The fourth-order valence-corrected chi connectivity index (χ4v) is 2.34. The number of rotatable bonds is 6. The summed E-state index contributed by atoms with van der Waals surface area (Å²) in [6.07, 6.45) is 2.09.